The van der Waals surface area contributed by atoms with E-state index in [0.29, 0.717) is 11.4 Å². The fourth-order valence-electron chi connectivity index (χ4n) is 2.08. The van der Waals surface area contributed by atoms with Gasteiger partial charge >= 0.3 is 0 Å². The Balaban J connectivity index is 1.95. The van der Waals surface area contributed by atoms with Gasteiger partial charge in [-0.2, -0.15) is 0 Å². The SMILES string of the molecule is CN(C)C(CNC(=O)c1cc(Br)c(Br)s1)Cc1ccccc1. The smallest absolute Gasteiger partial charge is 0.261 e. The Labute approximate surface area is 152 Å². The Morgan fingerprint density at radius 2 is 1.95 bits per heavy atom. The molecule has 1 heterocycles. The van der Waals surface area contributed by atoms with Crippen LogP contribution < -0.4 is 5.32 Å². The molecule has 0 saturated heterocycles. The largest absolute Gasteiger partial charge is 0.350 e. The van der Waals surface area contributed by atoms with Gasteiger partial charge in [0.25, 0.3) is 5.91 Å². The maximum Gasteiger partial charge on any atom is 0.261 e. The summed E-state index contributed by atoms with van der Waals surface area (Å²) in [5.74, 6) is -0.0312. The van der Waals surface area contributed by atoms with E-state index in [9.17, 15) is 4.79 Å². The zero-order valence-corrected chi connectivity index (χ0v) is 16.5. The highest BCUT2D eigenvalue weighted by Gasteiger charge is 2.16. The van der Waals surface area contributed by atoms with Crippen molar-refractivity contribution in [1.29, 1.82) is 0 Å². The summed E-state index contributed by atoms with van der Waals surface area (Å²) in [6.45, 7) is 0.619. The number of rotatable bonds is 6. The van der Waals surface area contributed by atoms with Crippen molar-refractivity contribution in [3.63, 3.8) is 0 Å². The van der Waals surface area contributed by atoms with Gasteiger partial charge in [0.1, 0.15) is 0 Å². The Bertz CT molecular complexity index is 609. The first kappa shape index (κ1) is 17.7. The highest BCUT2D eigenvalue weighted by Crippen LogP contribution is 2.32. The van der Waals surface area contributed by atoms with Gasteiger partial charge in [0.15, 0.2) is 0 Å². The van der Waals surface area contributed by atoms with Gasteiger partial charge in [-0.25, -0.2) is 0 Å². The number of likely N-dealkylation sites (N-methyl/N-ethyl adjacent to an activating group) is 1. The van der Waals surface area contributed by atoms with Crippen molar-refractivity contribution in [1.82, 2.24) is 10.2 Å². The predicted octanol–water partition coefficient (Wildman–Crippen LogP) is 4.18. The summed E-state index contributed by atoms with van der Waals surface area (Å²) in [5, 5.41) is 3.03. The molecule has 3 nitrogen and oxygen atoms in total. The summed E-state index contributed by atoms with van der Waals surface area (Å²) in [5.41, 5.74) is 1.28. The third-order valence-electron chi connectivity index (χ3n) is 3.41. The van der Waals surface area contributed by atoms with Crippen molar-refractivity contribution in [2.24, 2.45) is 0 Å². The average Bonchev–Trinajstić information content (AvgIpc) is 2.83. The van der Waals surface area contributed by atoms with Gasteiger partial charge < -0.3 is 10.2 Å². The van der Waals surface area contributed by atoms with E-state index in [1.54, 1.807) is 0 Å². The van der Waals surface area contributed by atoms with Crippen LogP contribution in [0.5, 0.6) is 0 Å². The van der Waals surface area contributed by atoms with E-state index >= 15 is 0 Å². The predicted molar refractivity (Wildman–Crippen MR) is 99.7 cm³/mol. The standard InChI is InChI=1S/C16H18Br2N2OS/c1-20(2)12(8-11-6-4-3-5-7-11)10-19-16(21)14-9-13(17)15(18)22-14/h3-7,9,12H,8,10H2,1-2H3,(H,19,21). The molecule has 1 aromatic heterocycles. The maximum absolute atomic E-state index is 12.2. The van der Waals surface area contributed by atoms with Crippen LogP contribution in [0.4, 0.5) is 0 Å². The summed E-state index contributed by atoms with van der Waals surface area (Å²) in [6, 6.07) is 12.4. The molecule has 22 heavy (non-hydrogen) atoms. The van der Waals surface area contributed by atoms with Crippen molar-refractivity contribution >= 4 is 49.1 Å². The summed E-state index contributed by atoms with van der Waals surface area (Å²) >= 11 is 8.25. The number of hydrogen-bond acceptors (Lipinski definition) is 3. The van der Waals surface area contributed by atoms with Crippen molar-refractivity contribution in [2.45, 2.75) is 12.5 Å². The molecule has 1 atom stereocenters. The quantitative estimate of drug-likeness (QED) is 0.723. The third kappa shape index (κ3) is 4.91. The van der Waals surface area contributed by atoms with Crippen molar-refractivity contribution in [3.8, 4) is 0 Å². The molecular weight excluding hydrogens is 428 g/mol. The molecule has 0 aliphatic rings. The number of thiophene rings is 1. The van der Waals surface area contributed by atoms with Gasteiger partial charge in [-0.3, -0.25) is 4.79 Å². The molecule has 0 saturated carbocycles. The summed E-state index contributed by atoms with van der Waals surface area (Å²) in [4.78, 5) is 15.1. The van der Waals surface area contributed by atoms with Crippen LogP contribution in [0, 0.1) is 0 Å². The molecule has 0 bridgehead atoms. The van der Waals surface area contributed by atoms with E-state index in [0.717, 1.165) is 14.7 Å². The number of hydrogen-bond donors (Lipinski definition) is 1. The highest BCUT2D eigenvalue weighted by atomic mass is 79.9. The van der Waals surface area contributed by atoms with Crippen LogP contribution in [0.2, 0.25) is 0 Å². The lowest BCUT2D eigenvalue weighted by molar-refractivity contribution is 0.0945. The Morgan fingerprint density at radius 3 is 2.50 bits per heavy atom. The molecule has 1 N–H and O–H groups in total. The minimum absolute atomic E-state index is 0.0312. The fourth-order valence-corrected chi connectivity index (χ4v) is 4.03. The van der Waals surface area contributed by atoms with E-state index in [1.807, 2.05) is 38.4 Å². The van der Waals surface area contributed by atoms with E-state index < -0.39 is 0 Å². The molecule has 0 aliphatic heterocycles. The summed E-state index contributed by atoms with van der Waals surface area (Å²) in [6.07, 6.45) is 0.909. The van der Waals surface area contributed by atoms with Crippen molar-refractivity contribution in [3.05, 3.63) is 55.1 Å². The summed E-state index contributed by atoms with van der Waals surface area (Å²) < 4.78 is 1.85. The second-order valence-corrected chi connectivity index (χ2v) is 8.47. The number of halogens is 2. The minimum Gasteiger partial charge on any atom is -0.350 e. The fraction of sp³-hybridized carbons (Fsp3) is 0.312. The molecular formula is C16H18Br2N2OS. The molecule has 2 aromatic rings. The number of carbonyl (C=O) groups is 1. The van der Waals surface area contributed by atoms with Gasteiger partial charge in [-0.15, -0.1) is 11.3 Å². The number of nitrogens with one attached hydrogen (secondary N) is 1. The molecule has 118 valence electrons. The van der Waals surface area contributed by atoms with Crippen LogP contribution in [0.3, 0.4) is 0 Å². The summed E-state index contributed by atoms with van der Waals surface area (Å²) in [7, 11) is 4.08. The van der Waals surface area contributed by atoms with E-state index in [1.165, 1.54) is 16.9 Å². The Kier molecular flexibility index (Phi) is 6.62. The normalized spacial score (nSPS) is 12.4. The lowest BCUT2D eigenvalue weighted by atomic mass is 10.1. The first-order valence-electron chi connectivity index (χ1n) is 6.90. The highest BCUT2D eigenvalue weighted by molar-refractivity contribution is 9.13. The van der Waals surface area contributed by atoms with Crippen LogP contribution in [0.15, 0.2) is 44.7 Å². The second kappa shape index (κ2) is 8.24. The lowest BCUT2D eigenvalue weighted by Crippen LogP contribution is -2.41. The van der Waals surface area contributed by atoms with Gasteiger partial charge in [0, 0.05) is 17.1 Å². The number of benzene rings is 1. The first-order chi connectivity index (χ1) is 10.5. The number of carbonyl (C=O) groups excluding carboxylic acids is 1. The van der Waals surface area contributed by atoms with Gasteiger partial charge in [0.2, 0.25) is 0 Å². The van der Waals surface area contributed by atoms with Gasteiger partial charge in [-0.05, 0) is 64.0 Å². The lowest BCUT2D eigenvalue weighted by Gasteiger charge is -2.24. The van der Waals surface area contributed by atoms with Crippen LogP contribution in [0.25, 0.3) is 0 Å². The molecule has 0 aliphatic carbocycles. The maximum atomic E-state index is 12.2. The third-order valence-corrected chi connectivity index (χ3v) is 6.67. The molecule has 2 rings (SSSR count). The zero-order valence-electron chi connectivity index (χ0n) is 12.5. The zero-order chi connectivity index (χ0) is 16.1. The molecule has 1 unspecified atom stereocenters. The first-order valence-corrected chi connectivity index (χ1v) is 9.31. The minimum atomic E-state index is -0.0312. The molecule has 1 aromatic carbocycles. The molecule has 0 fully saturated rings. The molecule has 6 heteroatoms. The van der Waals surface area contributed by atoms with Crippen molar-refractivity contribution < 1.29 is 4.79 Å². The molecule has 0 spiro atoms. The molecule has 1 amide bonds. The van der Waals surface area contributed by atoms with Crippen LogP contribution in [-0.2, 0) is 6.42 Å². The van der Waals surface area contributed by atoms with Gasteiger partial charge in [0.05, 0.1) is 8.66 Å². The average molecular weight is 446 g/mol. The Hall–Kier alpha value is -0.690. The topological polar surface area (TPSA) is 32.3 Å². The Morgan fingerprint density at radius 1 is 1.27 bits per heavy atom. The second-order valence-electron chi connectivity index (χ2n) is 5.25. The van der Waals surface area contributed by atoms with Gasteiger partial charge in [-0.1, -0.05) is 30.3 Å². The van der Waals surface area contributed by atoms with Crippen molar-refractivity contribution in [2.75, 3.05) is 20.6 Å². The van der Waals surface area contributed by atoms with E-state index in [4.69, 9.17) is 0 Å². The van der Waals surface area contributed by atoms with Crippen LogP contribution in [0.1, 0.15) is 15.2 Å². The van der Waals surface area contributed by atoms with Crippen LogP contribution in [-0.4, -0.2) is 37.5 Å². The van der Waals surface area contributed by atoms with Crippen LogP contribution >= 0.6 is 43.2 Å². The van der Waals surface area contributed by atoms with E-state index in [2.05, 4.69) is 54.2 Å². The number of nitrogens with zero attached hydrogens (tertiary/aromatic N) is 1. The van der Waals surface area contributed by atoms with E-state index in [-0.39, 0.29) is 11.9 Å². The number of amides is 1. The monoisotopic (exact) mass is 444 g/mol. The molecule has 0 radical (unpaired) electrons.